The molecule has 9 rings (SSSR count). The maximum atomic E-state index is 8.50. The second-order valence-electron chi connectivity index (χ2n) is 11.7. The van der Waals surface area contributed by atoms with Gasteiger partial charge in [-0.3, -0.25) is 10.8 Å². The molecule has 7 aromatic carbocycles. The topological polar surface area (TPSA) is 64.1 Å². The van der Waals surface area contributed by atoms with E-state index in [9.17, 15) is 0 Å². The van der Waals surface area contributed by atoms with Crippen LogP contribution >= 0.6 is 0 Å². The fourth-order valence-corrected chi connectivity index (χ4v) is 6.84. The second-order valence-corrected chi connectivity index (χ2v) is 11.7. The van der Waals surface area contributed by atoms with Crippen LogP contribution in [0.15, 0.2) is 150 Å². The Bertz CT molecular complexity index is 2560. The molecule has 0 saturated heterocycles. The first-order chi connectivity index (χ1) is 22.6. The maximum absolute atomic E-state index is 8.50. The number of fused-ring (bicyclic) bond motifs is 8. The highest BCUT2D eigenvalue weighted by Crippen LogP contribution is 2.41. The lowest BCUT2D eigenvalue weighted by atomic mass is 9.88. The van der Waals surface area contributed by atoms with Crippen LogP contribution in [0.4, 0.5) is 17.1 Å². The first-order valence-corrected chi connectivity index (χ1v) is 15.3. The van der Waals surface area contributed by atoms with Gasteiger partial charge in [-0.05, 0) is 92.8 Å². The Hall–Kier alpha value is -6.26. The number of nitrogens with zero attached hydrogens (tertiary/aromatic N) is 1. The number of hydrogen-bond donors (Lipinski definition) is 2. The second kappa shape index (κ2) is 10.1. The van der Waals surface area contributed by atoms with Gasteiger partial charge in [-0.25, -0.2) is 0 Å². The first-order valence-electron chi connectivity index (χ1n) is 15.3. The van der Waals surface area contributed by atoms with E-state index in [-0.39, 0.29) is 11.4 Å². The number of nitrogens with one attached hydrogen (secondary N) is 2. The highest BCUT2D eigenvalue weighted by molar-refractivity contribution is 6.53. The molecule has 1 aliphatic rings. The van der Waals surface area contributed by atoms with Gasteiger partial charge in [0.05, 0.1) is 11.4 Å². The molecule has 1 heterocycles. The van der Waals surface area contributed by atoms with Gasteiger partial charge in [0.1, 0.15) is 11.2 Å². The van der Waals surface area contributed by atoms with Crippen LogP contribution in [0.2, 0.25) is 0 Å². The van der Waals surface area contributed by atoms with Gasteiger partial charge in [-0.2, -0.15) is 0 Å². The van der Waals surface area contributed by atoms with Crippen LogP contribution in [0, 0.1) is 10.8 Å². The van der Waals surface area contributed by atoms with E-state index in [1.807, 2.05) is 18.2 Å². The molecule has 4 nitrogen and oxygen atoms in total. The van der Waals surface area contributed by atoms with Crippen LogP contribution in [0.3, 0.4) is 0 Å². The molecule has 46 heavy (non-hydrogen) atoms. The number of hydrogen-bond acceptors (Lipinski definition) is 4. The Kier molecular flexibility index (Phi) is 5.77. The minimum absolute atomic E-state index is 0.246. The lowest BCUT2D eigenvalue weighted by Gasteiger charge is -2.25. The Morgan fingerprint density at radius 2 is 1.20 bits per heavy atom. The number of para-hydroxylation sites is 1. The SMILES string of the molecule is N=C1C=Cc2ccc3cc(-c4ccc(N(c5ccccc5)c5ccc6c(c5)oc5ccc7ccccc7c56)cc4)ccc3c2C1=N. The Balaban J connectivity index is 1.12. The lowest BCUT2D eigenvalue weighted by Crippen LogP contribution is -2.16. The van der Waals surface area contributed by atoms with Crippen LogP contribution in [0.25, 0.3) is 60.7 Å². The molecule has 0 fully saturated rings. The quantitative estimate of drug-likeness (QED) is 0.214. The van der Waals surface area contributed by atoms with Gasteiger partial charge in [-0.1, -0.05) is 91.0 Å². The van der Waals surface area contributed by atoms with E-state index in [1.165, 1.54) is 10.8 Å². The van der Waals surface area contributed by atoms with Crippen molar-refractivity contribution in [3.05, 3.63) is 157 Å². The smallest absolute Gasteiger partial charge is 0.137 e. The van der Waals surface area contributed by atoms with E-state index >= 15 is 0 Å². The summed E-state index contributed by atoms with van der Waals surface area (Å²) in [6.07, 6.45) is 3.62. The minimum Gasteiger partial charge on any atom is -0.456 e. The molecule has 4 heteroatoms. The van der Waals surface area contributed by atoms with E-state index in [0.717, 1.165) is 72.0 Å². The fraction of sp³-hybridized carbons (Fsp3) is 0. The van der Waals surface area contributed by atoms with E-state index in [4.69, 9.17) is 15.2 Å². The zero-order valence-electron chi connectivity index (χ0n) is 24.8. The molecule has 2 N–H and O–H groups in total. The van der Waals surface area contributed by atoms with Crippen LogP contribution < -0.4 is 4.90 Å². The van der Waals surface area contributed by atoms with Crippen molar-refractivity contribution in [2.75, 3.05) is 4.90 Å². The largest absolute Gasteiger partial charge is 0.456 e. The van der Waals surface area contributed by atoms with E-state index in [2.05, 4.69) is 132 Å². The zero-order chi connectivity index (χ0) is 30.8. The van der Waals surface area contributed by atoms with Crippen molar-refractivity contribution in [2.45, 2.75) is 0 Å². The summed E-state index contributed by atoms with van der Waals surface area (Å²) in [7, 11) is 0. The molecule has 1 aromatic heterocycles. The molecule has 0 atom stereocenters. The van der Waals surface area contributed by atoms with Gasteiger partial charge in [0.25, 0.3) is 0 Å². The third kappa shape index (κ3) is 4.08. The van der Waals surface area contributed by atoms with Gasteiger partial charge in [-0.15, -0.1) is 0 Å². The van der Waals surface area contributed by atoms with Crippen LogP contribution in [-0.2, 0) is 0 Å². The first kappa shape index (κ1) is 26.2. The molecular weight excluding hydrogens is 562 g/mol. The predicted molar refractivity (Wildman–Crippen MR) is 192 cm³/mol. The molecule has 0 saturated carbocycles. The van der Waals surface area contributed by atoms with Gasteiger partial charge < -0.3 is 9.32 Å². The average Bonchev–Trinajstić information content (AvgIpc) is 3.49. The Morgan fingerprint density at radius 1 is 0.478 bits per heavy atom. The number of allylic oxidation sites excluding steroid dienone is 1. The highest BCUT2D eigenvalue weighted by atomic mass is 16.3. The summed E-state index contributed by atoms with van der Waals surface area (Å²) in [6.45, 7) is 0. The van der Waals surface area contributed by atoms with Gasteiger partial charge in [0, 0.05) is 39.5 Å². The van der Waals surface area contributed by atoms with Crippen molar-refractivity contribution in [1.82, 2.24) is 0 Å². The van der Waals surface area contributed by atoms with E-state index < -0.39 is 0 Å². The van der Waals surface area contributed by atoms with Gasteiger partial charge in [0.2, 0.25) is 0 Å². The van der Waals surface area contributed by atoms with Crippen LogP contribution in [0.1, 0.15) is 11.1 Å². The summed E-state index contributed by atoms with van der Waals surface area (Å²) >= 11 is 0. The van der Waals surface area contributed by atoms with Gasteiger partial charge >= 0.3 is 0 Å². The number of anilines is 3. The van der Waals surface area contributed by atoms with Gasteiger partial charge in [0.15, 0.2) is 0 Å². The number of benzene rings is 7. The fourth-order valence-electron chi connectivity index (χ4n) is 6.84. The molecule has 216 valence electrons. The third-order valence-corrected chi connectivity index (χ3v) is 9.08. The lowest BCUT2D eigenvalue weighted by molar-refractivity contribution is 0.669. The normalized spacial score (nSPS) is 12.8. The molecule has 0 aliphatic heterocycles. The van der Waals surface area contributed by atoms with Crippen molar-refractivity contribution >= 4 is 78.0 Å². The predicted octanol–water partition coefficient (Wildman–Crippen LogP) is 11.4. The summed E-state index contributed by atoms with van der Waals surface area (Å²) in [5.74, 6) is 0. The molecule has 0 spiro atoms. The Labute approximate surface area is 265 Å². The standard InChI is InChI=1S/C42H27N3O/c43-37-22-15-28-10-11-30-24-29(14-20-35(30)40(28)42(37)44)26-12-17-32(18-13-26)45(31-7-2-1-3-8-31)33-19-21-36-39(25-33)46-38-23-16-27-6-4-5-9-34(27)41(36)38/h1-25,43-44H. The van der Waals surface area contributed by atoms with Crippen molar-refractivity contribution in [2.24, 2.45) is 0 Å². The number of rotatable bonds is 4. The van der Waals surface area contributed by atoms with E-state index in [1.54, 1.807) is 6.08 Å². The van der Waals surface area contributed by atoms with Crippen molar-refractivity contribution < 1.29 is 4.42 Å². The van der Waals surface area contributed by atoms with Crippen molar-refractivity contribution in [3.63, 3.8) is 0 Å². The van der Waals surface area contributed by atoms with Crippen molar-refractivity contribution in [1.29, 1.82) is 10.8 Å². The Morgan fingerprint density at radius 3 is 2.07 bits per heavy atom. The molecule has 0 bridgehead atoms. The maximum Gasteiger partial charge on any atom is 0.137 e. The zero-order valence-corrected chi connectivity index (χ0v) is 24.8. The molecule has 1 aliphatic carbocycles. The number of furan rings is 1. The molecular formula is C42H27N3O. The highest BCUT2D eigenvalue weighted by Gasteiger charge is 2.19. The molecule has 8 aromatic rings. The van der Waals surface area contributed by atoms with Crippen LogP contribution in [-0.4, -0.2) is 11.4 Å². The van der Waals surface area contributed by atoms with Crippen LogP contribution in [0.5, 0.6) is 0 Å². The van der Waals surface area contributed by atoms with E-state index in [0.29, 0.717) is 0 Å². The summed E-state index contributed by atoms with van der Waals surface area (Å²) in [5, 5.41) is 23.4. The monoisotopic (exact) mass is 589 g/mol. The summed E-state index contributed by atoms with van der Waals surface area (Å²) in [6, 6.07) is 48.7. The summed E-state index contributed by atoms with van der Waals surface area (Å²) in [5.41, 5.74) is 9.44. The summed E-state index contributed by atoms with van der Waals surface area (Å²) < 4.78 is 6.43. The molecule has 0 unspecified atom stereocenters. The van der Waals surface area contributed by atoms with Crippen molar-refractivity contribution in [3.8, 4) is 11.1 Å². The molecule has 0 amide bonds. The third-order valence-electron chi connectivity index (χ3n) is 9.08. The molecule has 0 radical (unpaired) electrons. The average molecular weight is 590 g/mol. The minimum atomic E-state index is 0.246. The summed E-state index contributed by atoms with van der Waals surface area (Å²) in [4.78, 5) is 2.26.